The first-order chi connectivity index (χ1) is 40.2. The minimum atomic E-state index is -5.92. The number of carbonyl (C=O) groups excluding carboxylic acids is 9. The van der Waals surface area contributed by atoms with E-state index in [2.05, 4.69) is 43.4 Å². The van der Waals surface area contributed by atoms with Crippen LogP contribution in [0.4, 0.5) is 8.78 Å². The zero-order chi connectivity index (χ0) is 59.9. The minimum absolute atomic E-state index is 0.0194. The van der Waals surface area contributed by atoms with E-state index in [1.165, 1.54) is 15.9 Å². The lowest BCUT2D eigenvalue weighted by Gasteiger charge is -2.38. The van der Waals surface area contributed by atoms with Crippen molar-refractivity contribution < 1.29 is 66.3 Å². The van der Waals surface area contributed by atoms with Crippen LogP contribution in [0, 0.1) is 11.8 Å². The third-order valence-corrected chi connectivity index (χ3v) is 16.8. The molecule has 0 saturated carbocycles. The number of unbranched alkanes of at least 4 members (excludes halogenated alkanes) is 3. The van der Waals surface area contributed by atoms with Crippen LogP contribution in [-0.4, -0.2) is 114 Å². The molecule has 4 aliphatic rings. The number of piperidine rings is 1. The number of benzene rings is 4. The lowest BCUT2D eigenvalue weighted by atomic mass is 9.94. The van der Waals surface area contributed by atoms with E-state index in [0.29, 0.717) is 43.2 Å². The van der Waals surface area contributed by atoms with E-state index in [1.54, 1.807) is 12.1 Å². The molecule has 0 aliphatic carbocycles. The molecule has 4 aromatic carbocycles. The Morgan fingerprint density at radius 1 is 0.810 bits per heavy atom. The standard InChI is InChI=1S/C60H64F2N9O12P/c61-60(62,84(81,82)83)39-21-24-44-38(31-39)32-47(65-44)55(76)67-46-25-22-40(64-51(73)20-11-3-1-2-6-13-35-18-12-19-42-43(35)34-70(58(42)79)48-28-30-52(74)68-56(48)77)33-41-23-27-49(71(41)59(46)80)57(78)66-45(26-29-50(63)72)54(75)69-53(36-14-7-4-8-15-36)37-16-9-5-10-17-37/h4-5,7-10,12,14-19,21,24,31-32,40-41,45-46,48-49,53,65H,1-3,11,20,22-23,25-30,33-34H2,(H2,63,72)(H,64,73)(H,66,78)(H,67,76)(H,69,75)(H,68,74,77)(H2,81,82,83)/t40-,41-,45+,46+,48?,49+/m1/s1. The molecule has 5 aromatic rings. The first-order valence-electron chi connectivity index (χ1n) is 27.9. The largest absolute Gasteiger partial charge is 0.399 e. The second-order valence-electron chi connectivity index (χ2n) is 21.6. The Bertz CT molecular complexity index is 3450. The molecule has 0 spiro atoms. The minimum Gasteiger partial charge on any atom is -0.370 e. The monoisotopic (exact) mass is 1170 g/mol. The normalized spacial score (nSPS) is 20.2. The Morgan fingerprint density at radius 3 is 2.23 bits per heavy atom. The van der Waals surface area contributed by atoms with Gasteiger partial charge in [-0.1, -0.05) is 91.1 Å². The molecule has 0 bridgehead atoms. The van der Waals surface area contributed by atoms with Crippen LogP contribution >= 0.6 is 7.60 Å². The molecule has 3 saturated heterocycles. The smallest absolute Gasteiger partial charge is 0.370 e. The number of aromatic nitrogens is 1. The van der Waals surface area contributed by atoms with E-state index >= 15 is 0 Å². The summed E-state index contributed by atoms with van der Waals surface area (Å²) in [5.74, 6) is 1.37. The van der Waals surface area contributed by atoms with E-state index in [9.17, 15) is 66.3 Å². The molecule has 1 unspecified atom stereocenters. The van der Waals surface area contributed by atoms with E-state index in [-0.39, 0.29) is 98.7 Å². The van der Waals surface area contributed by atoms with E-state index in [4.69, 9.17) is 5.73 Å². The molecule has 24 heteroatoms. The predicted molar refractivity (Wildman–Crippen MR) is 301 cm³/mol. The van der Waals surface area contributed by atoms with Gasteiger partial charge in [0.05, 0.1) is 6.04 Å². The summed E-state index contributed by atoms with van der Waals surface area (Å²) in [6.07, 6.45) is 3.26. The molecule has 9 amide bonds. The fourth-order valence-corrected chi connectivity index (χ4v) is 12.0. The Labute approximate surface area is 481 Å². The first-order valence-corrected chi connectivity index (χ1v) is 29.5. The molecular formula is C60H64F2N9O12P. The number of primary amides is 1. The number of hydrogen-bond acceptors (Lipinski definition) is 10. The number of nitrogens with zero attached hydrogens (tertiary/aromatic N) is 2. The van der Waals surface area contributed by atoms with Gasteiger partial charge in [0.1, 0.15) is 29.9 Å². The molecule has 21 nitrogen and oxygen atoms in total. The van der Waals surface area contributed by atoms with Crippen LogP contribution in [0.3, 0.4) is 0 Å². The predicted octanol–water partition coefficient (Wildman–Crippen LogP) is 4.94. The molecule has 84 heavy (non-hydrogen) atoms. The summed E-state index contributed by atoms with van der Waals surface area (Å²) in [7, 11) is -5.92. The van der Waals surface area contributed by atoms with Gasteiger partial charge in [-0.2, -0.15) is 8.78 Å². The quantitative estimate of drug-likeness (QED) is 0.0217. The zero-order valence-electron chi connectivity index (χ0n) is 45.6. The van der Waals surface area contributed by atoms with Gasteiger partial charge in [0, 0.05) is 71.9 Å². The van der Waals surface area contributed by atoms with Crippen LogP contribution in [0.15, 0.2) is 103 Å². The van der Waals surface area contributed by atoms with Gasteiger partial charge < -0.3 is 51.6 Å². The van der Waals surface area contributed by atoms with Gasteiger partial charge in [-0.05, 0) is 105 Å². The molecule has 0 radical (unpaired) electrons. The summed E-state index contributed by atoms with van der Waals surface area (Å²) in [4.78, 5) is 145. The highest BCUT2D eigenvalue weighted by Gasteiger charge is 2.51. The number of carbonyl (C=O) groups is 9. The third-order valence-electron chi connectivity index (χ3n) is 15.8. The second kappa shape index (κ2) is 25.9. The molecule has 9 rings (SSSR count). The van der Waals surface area contributed by atoms with E-state index in [1.807, 2.05) is 66.7 Å². The van der Waals surface area contributed by atoms with Crippen LogP contribution in [0.25, 0.3) is 10.9 Å². The van der Waals surface area contributed by atoms with Gasteiger partial charge in [-0.25, -0.2) is 0 Å². The van der Waals surface area contributed by atoms with Crippen molar-refractivity contribution in [2.75, 3.05) is 0 Å². The fraction of sp³-hybridized carbons (Fsp3) is 0.383. The number of alkyl halides is 2. The van der Waals surface area contributed by atoms with Gasteiger partial charge in [0.2, 0.25) is 41.4 Å². The van der Waals surface area contributed by atoms with Crippen molar-refractivity contribution in [1.29, 1.82) is 0 Å². The molecule has 1 aromatic heterocycles. The van der Waals surface area contributed by atoms with Crippen molar-refractivity contribution in [3.8, 4) is 11.8 Å². The highest BCUT2D eigenvalue weighted by atomic mass is 31.2. The zero-order valence-corrected chi connectivity index (χ0v) is 46.5. The molecule has 4 aliphatic heterocycles. The van der Waals surface area contributed by atoms with Crippen LogP contribution in [-0.2, 0) is 50.3 Å². The fourth-order valence-electron chi connectivity index (χ4n) is 11.5. The average Bonchev–Trinajstić information content (AvgIpc) is 3.71. The maximum absolute atomic E-state index is 14.9. The number of fused-ring (bicyclic) bond motifs is 3. The van der Waals surface area contributed by atoms with Crippen molar-refractivity contribution in [3.63, 3.8) is 0 Å². The SMILES string of the molecule is NC(=O)CC[C@H](NC(=O)[C@@H]1CC[C@@H]2C[C@H](NC(=O)CCCCCC#Cc3cccc4c3CN(C3CCC(=O)NC3=O)C4=O)CC[C@H](NC(=O)c3cc4cc(C(F)(F)P(=O)(O)O)ccc4[nH]3)C(=O)N21)C(=O)NC(c1ccccc1)c1ccccc1. The molecule has 5 heterocycles. The number of imide groups is 1. The van der Waals surface area contributed by atoms with Crippen molar-refractivity contribution in [3.05, 3.63) is 142 Å². The number of H-pyrrole nitrogens is 1. The van der Waals surface area contributed by atoms with E-state index in [0.717, 1.165) is 34.9 Å². The molecule has 3 fully saturated rings. The topological polar surface area (TPSA) is 320 Å². The third kappa shape index (κ3) is 13.7. The Hall–Kier alpha value is -8.58. The number of halogens is 2. The number of aromatic amines is 1. The van der Waals surface area contributed by atoms with Gasteiger partial charge in [0.15, 0.2) is 0 Å². The number of amides is 9. The number of nitrogens with one attached hydrogen (secondary N) is 6. The van der Waals surface area contributed by atoms with Gasteiger partial charge in [-0.3, -0.25) is 53.0 Å². The number of hydrogen-bond donors (Lipinski definition) is 9. The number of rotatable bonds is 20. The molecule has 6 atom stereocenters. The maximum atomic E-state index is 14.9. The lowest BCUT2D eigenvalue weighted by molar-refractivity contribution is -0.143. The van der Waals surface area contributed by atoms with Gasteiger partial charge in [0.25, 0.3) is 11.8 Å². The maximum Gasteiger partial charge on any atom is 0.399 e. The molecule has 440 valence electrons. The Kier molecular flexibility index (Phi) is 18.5. The van der Waals surface area contributed by atoms with Crippen LogP contribution < -0.4 is 32.3 Å². The highest BCUT2D eigenvalue weighted by molar-refractivity contribution is 7.52. The van der Waals surface area contributed by atoms with Crippen LogP contribution in [0.1, 0.15) is 145 Å². The van der Waals surface area contributed by atoms with Crippen molar-refractivity contribution in [2.45, 2.75) is 144 Å². The Morgan fingerprint density at radius 2 is 1.54 bits per heavy atom. The average molecular weight is 1170 g/mol. The van der Waals surface area contributed by atoms with Crippen molar-refractivity contribution in [2.24, 2.45) is 5.73 Å². The molecular weight excluding hydrogens is 1110 g/mol. The van der Waals surface area contributed by atoms with Crippen LogP contribution in [0.2, 0.25) is 0 Å². The van der Waals surface area contributed by atoms with Crippen molar-refractivity contribution in [1.82, 2.24) is 41.4 Å². The molecule has 10 N–H and O–H groups in total. The Balaban J connectivity index is 0.874. The summed E-state index contributed by atoms with van der Waals surface area (Å²) < 4.78 is 41.0. The summed E-state index contributed by atoms with van der Waals surface area (Å²) in [6, 6.07) is 21.1. The highest BCUT2D eigenvalue weighted by Crippen LogP contribution is 2.59. The lowest BCUT2D eigenvalue weighted by Crippen LogP contribution is -2.59. The van der Waals surface area contributed by atoms with E-state index < -0.39 is 96.6 Å². The summed E-state index contributed by atoms with van der Waals surface area (Å²) in [5.41, 5.74) is 3.37. The van der Waals surface area contributed by atoms with Gasteiger partial charge in [-0.15, -0.1) is 0 Å². The summed E-state index contributed by atoms with van der Waals surface area (Å²) in [6.45, 7) is 0.195. The van der Waals surface area contributed by atoms with Gasteiger partial charge >= 0.3 is 13.3 Å². The first kappa shape index (κ1) is 60.0. The summed E-state index contributed by atoms with van der Waals surface area (Å²) in [5, 5.41) is 14.0. The van der Waals surface area contributed by atoms with Crippen LogP contribution in [0.5, 0.6) is 0 Å². The summed E-state index contributed by atoms with van der Waals surface area (Å²) >= 11 is 0. The second-order valence-corrected chi connectivity index (χ2v) is 23.2. The number of nitrogens with two attached hydrogens (primary N) is 1. The van der Waals surface area contributed by atoms with Crippen molar-refractivity contribution >= 4 is 71.7 Å².